The zero-order valence-electron chi connectivity index (χ0n) is 17.7. The van der Waals surface area contributed by atoms with Gasteiger partial charge in [0.2, 0.25) is 0 Å². The van der Waals surface area contributed by atoms with E-state index in [9.17, 15) is 20.4 Å². The predicted octanol–water partition coefficient (Wildman–Crippen LogP) is 2.12. The monoisotopic (exact) mass is 504 g/mol. The lowest BCUT2D eigenvalue weighted by Gasteiger charge is -2.33. The lowest BCUT2D eigenvalue weighted by Crippen LogP contribution is -2.49. The van der Waals surface area contributed by atoms with Crippen LogP contribution in [-0.2, 0) is 0 Å². The SMILES string of the molecule is CN(CCCN1c2ccccc2Sc2ccc(Cl)cc21)CC(O)C(O)C(O)C(O)CO.Cl. The first-order valence-corrected chi connectivity index (χ1v) is 11.4. The zero-order chi connectivity index (χ0) is 22.5. The molecule has 4 atom stereocenters. The average molecular weight is 505 g/mol. The minimum Gasteiger partial charge on any atom is -0.394 e. The Bertz CT molecular complexity index is 878. The van der Waals surface area contributed by atoms with Gasteiger partial charge in [0.1, 0.15) is 18.3 Å². The Morgan fingerprint density at radius 2 is 1.62 bits per heavy atom. The normalized spacial score (nSPS) is 16.6. The molecule has 0 saturated carbocycles. The van der Waals surface area contributed by atoms with Gasteiger partial charge in [0.05, 0.1) is 24.1 Å². The number of aliphatic hydroxyl groups is 5. The number of hydrogen-bond acceptors (Lipinski definition) is 8. The molecule has 0 bridgehead atoms. The summed E-state index contributed by atoms with van der Waals surface area (Å²) in [5.41, 5.74) is 2.19. The molecule has 0 spiro atoms. The molecule has 1 aliphatic rings. The third kappa shape index (κ3) is 6.50. The first kappa shape index (κ1) is 27.2. The van der Waals surface area contributed by atoms with Crippen molar-refractivity contribution in [3.63, 3.8) is 0 Å². The van der Waals surface area contributed by atoms with Crippen LogP contribution in [0.5, 0.6) is 0 Å². The van der Waals surface area contributed by atoms with Gasteiger partial charge in [-0.1, -0.05) is 35.5 Å². The number of aliphatic hydroxyl groups excluding tert-OH is 5. The summed E-state index contributed by atoms with van der Waals surface area (Å²) >= 11 is 7.97. The summed E-state index contributed by atoms with van der Waals surface area (Å²) < 4.78 is 0. The molecule has 0 aliphatic carbocycles. The largest absolute Gasteiger partial charge is 0.394 e. The van der Waals surface area contributed by atoms with E-state index in [1.54, 1.807) is 11.8 Å². The van der Waals surface area contributed by atoms with Crippen molar-refractivity contribution in [1.82, 2.24) is 4.90 Å². The first-order valence-electron chi connectivity index (χ1n) is 10.2. The minimum absolute atomic E-state index is 0. The second-order valence-electron chi connectivity index (χ2n) is 7.75. The molecule has 178 valence electrons. The molecule has 0 fully saturated rings. The van der Waals surface area contributed by atoms with E-state index in [0.717, 1.165) is 29.2 Å². The number of nitrogens with zero attached hydrogens (tertiary/aromatic N) is 2. The van der Waals surface area contributed by atoms with E-state index in [-0.39, 0.29) is 19.0 Å². The van der Waals surface area contributed by atoms with Crippen molar-refractivity contribution in [1.29, 1.82) is 0 Å². The van der Waals surface area contributed by atoms with E-state index in [1.165, 1.54) is 4.90 Å². The third-order valence-electron chi connectivity index (χ3n) is 5.33. The molecule has 7 nitrogen and oxygen atoms in total. The lowest BCUT2D eigenvalue weighted by molar-refractivity contribution is -0.118. The molecule has 2 aromatic carbocycles. The van der Waals surface area contributed by atoms with Crippen molar-refractivity contribution in [3.05, 3.63) is 47.5 Å². The van der Waals surface area contributed by atoms with Crippen molar-refractivity contribution in [2.75, 3.05) is 38.2 Å². The Labute approximate surface area is 203 Å². The molecule has 0 aromatic heterocycles. The summed E-state index contributed by atoms with van der Waals surface area (Å²) in [6.07, 6.45) is -5.14. The smallest absolute Gasteiger partial charge is 0.111 e. The van der Waals surface area contributed by atoms with Gasteiger partial charge in [-0.2, -0.15) is 0 Å². The molecule has 0 amide bonds. The van der Waals surface area contributed by atoms with E-state index in [4.69, 9.17) is 16.7 Å². The minimum atomic E-state index is -1.61. The fraction of sp³-hybridized carbons (Fsp3) is 0.455. The Balaban J connectivity index is 0.00000363. The number of halogens is 2. The molecule has 0 radical (unpaired) electrons. The number of anilines is 2. The third-order valence-corrected chi connectivity index (χ3v) is 6.70. The second kappa shape index (κ2) is 12.4. The number of likely N-dealkylation sites (N-methyl/N-ethyl adjacent to an activating group) is 1. The van der Waals surface area contributed by atoms with Gasteiger partial charge in [-0.25, -0.2) is 0 Å². The van der Waals surface area contributed by atoms with Crippen molar-refractivity contribution < 1.29 is 25.5 Å². The molecular weight excluding hydrogens is 475 g/mol. The van der Waals surface area contributed by atoms with Crippen molar-refractivity contribution in [3.8, 4) is 0 Å². The number of fused-ring (bicyclic) bond motifs is 2. The molecule has 1 heterocycles. The highest BCUT2D eigenvalue weighted by molar-refractivity contribution is 7.99. The van der Waals surface area contributed by atoms with Crippen LogP contribution in [0.15, 0.2) is 52.3 Å². The summed E-state index contributed by atoms with van der Waals surface area (Å²) in [4.78, 5) is 6.43. The number of para-hydroxylation sites is 1. The number of hydrogen-bond donors (Lipinski definition) is 5. The molecule has 32 heavy (non-hydrogen) atoms. The summed E-state index contributed by atoms with van der Waals surface area (Å²) in [6, 6.07) is 14.1. The Morgan fingerprint density at radius 1 is 0.969 bits per heavy atom. The maximum atomic E-state index is 10.2. The van der Waals surface area contributed by atoms with Gasteiger partial charge in [-0.15, -0.1) is 12.4 Å². The van der Waals surface area contributed by atoms with Crippen molar-refractivity contribution in [2.45, 2.75) is 40.6 Å². The van der Waals surface area contributed by atoms with Crippen LogP contribution in [0.25, 0.3) is 0 Å². The maximum absolute atomic E-state index is 10.2. The van der Waals surface area contributed by atoms with Gasteiger partial charge in [-0.05, 0) is 50.3 Å². The standard InChI is InChI=1S/C22H29ClN2O5S.ClH/c1-24(12-17(27)21(29)22(30)18(28)13-26)9-4-10-25-15-5-2-3-6-19(15)31-20-8-7-14(23)11-16(20)25;/h2-3,5-8,11,17-18,21-22,26-30H,4,9-10,12-13H2,1H3;1H. The molecule has 10 heteroatoms. The molecule has 2 aromatic rings. The summed E-state index contributed by atoms with van der Waals surface area (Å²) in [7, 11) is 1.82. The fourth-order valence-electron chi connectivity index (χ4n) is 3.62. The van der Waals surface area contributed by atoms with E-state index < -0.39 is 31.0 Å². The highest BCUT2D eigenvalue weighted by Crippen LogP contribution is 2.48. The first-order chi connectivity index (χ1) is 14.8. The van der Waals surface area contributed by atoms with Gasteiger partial charge in [0.25, 0.3) is 0 Å². The number of rotatable bonds is 10. The van der Waals surface area contributed by atoms with Crippen molar-refractivity contribution >= 4 is 47.1 Å². The van der Waals surface area contributed by atoms with Crippen LogP contribution in [0.3, 0.4) is 0 Å². The van der Waals surface area contributed by atoms with Crippen LogP contribution in [-0.4, -0.2) is 88.1 Å². The molecular formula is C22H30Cl2N2O5S. The summed E-state index contributed by atoms with van der Waals surface area (Å²) in [5, 5.41) is 48.9. The highest BCUT2D eigenvalue weighted by atomic mass is 35.5. The second-order valence-corrected chi connectivity index (χ2v) is 9.27. The van der Waals surface area contributed by atoms with Gasteiger partial charge < -0.3 is 35.3 Å². The molecule has 5 N–H and O–H groups in total. The number of benzene rings is 2. The quantitative estimate of drug-likeness (QED) is 0.334. The highest BCUT2D eigenvalue weighted by Gasteiger charge is 2.30. The van der Waals surface area contributed by atoms with Crippen LogP contribution in [0.2, 0.25) is 5.02 Å². The van der Waals surface area contributed by atoms with Crippen LogP contribution >= 0.6 is 35.8 Å². The fourth-order valence-corrected chi connectivity index (χ4v) is 4.87. The predicted molar refractivity (Wildman–Crippen MR) is 129 cm³/mol. The summed E-state index contributed by atoms with van der Waals surface area (Å²) in [6.45, 7) is 0.803. The van der Waals surface area contributed by atoms with Crippen molar-refractivity contribution in [2.24, 2.45) is 0 Å². The van der Waals surface area contributed by atoms with Gasteiger partial charge in [-0.3, -0.25) is 0 Å². The maximum Gasteiger partial charge on any atom is 0.111 e. The summed E-state index contributed by atoms with van der Waals surface area (Å²) in [5.74, 6) is 0. The van der Waals surface area contributed by atoms with E-state index >= 15 is 0 Å². The average Bonchev–Trinajstić information content (AvgIpc) is 2.77. The zero-order valence-corrected chi connectivity index (χ0v) is 20.1. The molecule has 4 unspecified atom stereocenters. The van der Waals surface area contributed by atoms with Crippen LogP contribution in [0.1, 0.15) is 6.42 Å². The van der Waals surface area contributed by atoms with E-state index in [2.05, 4.69) is 17.0 Å². The molecule has 3 rings (SSSR count). The van der Waals surface area contributed by atoms with Gasteiger partial charge >= 0.3 is 0 Å². The molecule has 1 aliphatic heterocycles. The van der Waals surface area contributed by atoms with E-state index in [1.807, 2.05) is 42.3 Å². The van der Waals surface area contributed by atoms with Gasteiger partial charge in [0, 0.05) is 27.9 Å². The van der Waals surface area contributed by atoms with Crippen LogP contribution < -0.4 is 4.90 Å². The van der Waals surface area contributed by atoms with E-state index in [0.29, 0.717) is 11.6 Å². The lowest BCUT2D eigenvalue weighted by atomic mass is 10.0. The van der Waals surface area contributed by atoms with Gasteiger partial charge in [0.15, 0.2) is 0 Å². The van der Waals surface area contributed by atoms with Crippen LogP contribution in [0, 0.1) is 0 Å². The molecule has 0 saturated heterocycles. The topological polar surface area (TPSA) is 108 Å². The Hall–Kier alpha value is -1.07. The van der Waals surface area contributed by atoms with Crippen LogP contribution in [0.4, 0.5) is 11.4 Å². The Kier molecular flexibility index (Phi) is 10.5. The Morgan fingerprint density at radius 3 is 2.34 bits per heavy atom.